The standard InChI is InChI=1S/C33H38N2O5S/c1-4-7-29-39-27-15-22-21-11-10-19-14-20(36)12-13-31(19,2)30(21)25(37)16-32(22,3)33(27,40-29)26(38)18-41-28-17-34-23-8-5-6-9-24(23)35-28/h5-6,8-9,12-14,17,21-22,25,27,29-30,37H,4,7,10-11,15-16,18H2,1-3H3/t21?,22?,25-,27+,29-,30?,31?,32?,33+/m0/s1. The fourth-order valence-electron chi connectivity index (χ4n) is 9.26. The molecule has 2 heterocycles. The summed E-state index contributed by atoms with van der Waals surface area (Å²) >= 11 is 1.39. The molecule has 8 heteroatoms. The second kappa shape index (κ2) is 9.83. The molecule has 1 aromatic heterocycles. The van der Waals surface area contributed by atoms with Crippen LogP contribution in [0.15, 0.2) is 59.3 Å². The first-order valence-electron chi connectivity index (χ1n) is 15.0. The number of hydrogen-bond acceptors (Lipinski definition) is 8. The Morgan fingerprint density at radius 2 is 2.02 bits per heavy atom. The van der Waals surface area contributed by atoms with Crippen molar-refractivity contribution < 1.29 is 24.2 Å². The van der Waals surface area contributed by atoms with Crippen LogP contribution < -0.4 is 0 Å². The van der Waals surface area contributed by atoms with Gasteiger partial charge in [-0.2, -0.15) is 0 Å². The van der Waals surface area contributed by atoms with Crippen molar-refractivity contribution in [1.82, 2.24) is 9.97 Å². The molecule has 7 rings (SSSR count). The third kappa shape index (κ3) is 3.97. The number of hydrogen-bond donors (Lipinski definition) is 1. The Morgan fingerprint density at radius 3 is 2.83 bits per heavy atom. The maximum Gasteiger partial charge on any atom is 0.178 e. The van der Waals surface area contributed by atoms with Crippen LogP contribution in [0, 0.1) is 28.6 Å². The lowest BCUT2D eigenvalue weighted by atomic mass is 9.46. The third-order valence-electron chi connectivity index (χ3n) is 11.0. The van der Waals surface area contributed by atoms with Gasteiger partial charge in [0.1, 0.15) is 5.03 Å². The highest BCUT2D eigenvalue weighted by atomic mass is 32.2. The Balaban J connectivity index is 1.21. The Bertz CT molecular complexity index is 1470. The summed E-state index contributed by atoms with van der Waals surface area (Å²) in [5, 5.41) is 12.6. The second-order valence-corrected chi connectivity index (χ2v) is 14.0. The molecule has 7 nitrogen and oxygen atoms in total. The average molecular weight is 575 g/mol. The summed E-state index contributed by atoms with van der Waals surface area (Å²) in [7, 11) is 0. The number of para-hydroxylation sites is 2. The van der Waals surface area contributed by atoms with Crippen LogP contribution in [0.2, 0.25) is 0 Å². The largest absolute Gasteiger partial charge is 0.393 e. The van der Waals surface area contributed by atoms with Gasteiger partial charge in [-0.1, -0.05) is 62.7 Å². The highest BCUT2D eigenvalue weighted by molar-refractivity contribution is 7.99. The van der Waals surface area contributed by atoms with Crippen LogP contribution in [0.4, 0.5) is 0 Å². The first-order valence-corrected chi connectivity index (χ1v) is 16.0. The van der Waals surface area contributed by atoms with Gasteiger partial charge in [-0.25, -0.2) is 4.98 Å². The van der Waals surface area contributed by atoms with Crippen molar-refractivity contribution in [3.63, 3.8) is 0 Å². The van der Waals surface area contributed by atoms with Crippen molar-refractivity contribution in [2.24, 2.45) is 28.6 Å². The highest BCUT2D eigenvalue weighted by Crippen LogP contribution is 2.69. The van der Waals surface area contributed by atoms with Gasteiger partial charge in [-0.15, -0.1) is 0 Å². The molecule has 0 bridgehead atoms. The number of allylic oxidation sites excluding steroid dienone is 4. The Kier molecular flexibility index (Phi) is 6.58. The van der Waals surface area contributed by atoms with E-state index in [1.807, 2.05) is 30.3 Å². The summed E-state index contributed by atoms with van der Waals surface area (Å²) in [6, 6.07) is 7.72. The lowest BCUT2D eigenvalue weighted by molar-refractivity contribution is -0.197. The number of aliphatic hydroxyl groups is 1. The van der Waals surface area contributed by atoms with Gasteiger partial charge in [-0.3, -0.25) is 14.6 Å². The van der Waals surface area contributed by atoms with E-state index in [1.165, 1.54) is 11.8 Å². The molecule has 9 atom stereocenters. The Morgan fingerprint density at radius 1 is 1.22 bits per heavy atom. The molecule has 0 amide bonds. The molecule has 216 valence electrons. The SMILES string of the molecule is CCC[C@H]1O[C@@H]2CC3C4CCC5=CC(=O)C=CC5(C)C4[C@@H](O)CC3(C)[C@]2(C(=O)CSc2cnc3ccccc3n2)O1. The summed E-state index contributed by atoms with van der Waals surface area (Å²) in [6.45, 7) is 6.44. The van der Waals surface area contributed by atoms with E-state index < -0.39 is 23.4 Å². The number of carbonyl (C=O) groups excluding carboxylic acids is 2. The van der Waals surface area contributed by atoms with Crippen molar-refractivity contribution in [1.29, 1.82) is 0 Å². The fraction of sp³-hybridized carbons (Fsp3) is 0.576. The second-order valence-electron chi connectivity index (χ2n) is 13.1. The zero-order chi connectivity index (χ0) is 28.6. The van der Waals surface area contributed by atoms with Crippen molar-refractivity contribution >= 4 is 34.4 Å². The lowest BCUT2D eigenvalue weighted by Crippen LogP contribution is -2.63. The van der Waals surface area contributed by atoms with Gasteiger partial charge >= 0.3 is 0 Å². The monoisotopic (exact) mass is 574 g/mol. The lowest BCUT2D eigenvalue weighted by Gasteiger charge is -2.59. The van der Waals surface area contributed by atoms with E-state index in [-0.39, 0.29) is 46.6 Å². The van der Waals surface area contributed by atoms with E-state index in [0.717, 1.165) is 48.7 Å². The fourth-order valence-corrected chi connectivity index (χ4v) is 10.0. The first kappa shape index (κ1) is 27.4. The third-order valence-corrected chi connectivity index (χ3v) is 11.9. The molecule has 1 N–H and O–H groups in total. The molecule has 1 saturated heterocycles. The molecule has 3 saturated carbocycles. The van der Waals surface area contributed by atoms with E-state index in [9.17, 15) is 14.7 Å². The number of thioether (sulfide) groups is 1. The highest BCUT2D eigenvalue weighted by Gasteiger charge is 2.75. The van der Waals surface area contributed by atoms with Crippen LogP contribution in [0.1, 0.15) is 59.3 Å². The number of rotatable bonds is 6. The van der Waals surface area contributed by atoms with Gasteiger partial charge < -0.3 is 14.6 Å². The minimum absolute atomic E-state index is 0.00964. The summed E-state index contributed by atoms with van der Waals surface area (Å²) in [6.07, 6.45) is 10.4. The minimum Gasteiger partial charge on any atom is -0.393 e. The maximum atomic E-state index is 14.5. The summed E-state index contributed by atoms with van der Waals surface area (Å²) in [5.74, 6) is 0.612. The number of Topliss-reactive ketones (excluding diaryl/α,β-unsaturated/α-hetero) is 1. The number of aliphatic hydroxyl groups excluding tert-OH is 1. The molecule has 41 heavy (non-hydrogen) atoms. The maximum absolute atomic E-state index is 14.5. The zero-order valence-electron chi connectivity index (χ0n) is 23.9. The number of nitrogens with zero attached hydrogens (tertiary/aromatic N) is 2. The number of ether oxygens (including phenoxy) is 2. The van der Waals surface area contributed by atoms with Gasteiger partial charge in [0.15, 0.2) is 23.5 Å². The van der Waals surface area contributed by atoms with Crippen LogP contribution in [0.5, 0.6) is 0 Å². The predicted molar refractivity (Wildman–Crippen MR) is 156 cm³/mol. The summed E-state index contributed by atoms with van der Waals surface area (Å²) in [5.41, 5.74) is 0.710. The smallest absolute Gasteiger partial charge is 0.178 e. The molecule has 5 unspecified atom stereocenters. The van der Waals surface area contributed by atoms with Crippen LogP contribution in [-0.4, -0.2) is 56.5 Å². The first-order chi connectivity index (χ1) is 19.7. The van der Waals surface area contributed by atoms with E-state index in [4.69, 9.17) is 14.5 Å². The number of fused-ring (bicyclic) bond motifs is 8. The molecule has 1 aromatic carbocycles. The number of ketones is 2. The quantitative estimate of drug-likeness (QED) is 0.454. The molecule has 4 fully saturated rings. The molecule has 4 aliphatic carbocycles. The molecule has 5 aliphatic rings. The average Bonchev–Trinajstić information content (AvgIpc) is 3.44. The molecule has 2 aromatic rings. The Labute approximate surface area is 245 Å². The zero-order valence-corrected chi connectivity index (χ0v) is 24.7. The van der Waals surface area contributed by atoms with E-state index in [1.54, 1.807) is 18.3 Å². The summed E-state index contributed by atoms with van der Waals surface area (Å²) < 4.78 is 13.3. The van der Waals surface area contributed by atoms with Crippen LogP contribution >= 0.6 is 11.8 Å². The van der Waals surface area contributed by atoms with E-state index in [0.29, 0.717) is 11.4 Å². The van der Waals surface area contributed by atoms with Crippen molar-refractivity contribution in [2.75, 3.05) is 5.75 Å². The van der Waals surface area contributed by atoms with E-state index >= 15 is 0 Å². The molecular formula is C33H38N2O5S. The topological polar surface area (TPSA) is 98.6 Å². The molecular weight excluding hydrogens is 536 g/mol. The van der Waals surface area contributed by atoms with Crippen LogP contribution in [0.25, 0.3) is 11.0 Å². The molecule has 1 aliphatic heterocycles. The van der Waals surface area contributed by atoms with Crippen LogP contribution in [0.3, 0.4) is 0 Å². The van der Waals surface area contributed by atoms with E-state index in [2.05, 4.69) is 25.8 Å². The van der Waals surface area contributed by atoms with Gasteiger partial charge in [0, 0.05) is 16.7 Å². The Hall–Kier alpha value is -2.39. The molecule has 0 radical (unpaired) electrons. The number of carbonyl (C=O) groups is 2. The van der Waals surface area contributed by atoms with Crippen molar-refractivity contribution in [2.45, 2.75) is 88.4 Å². The predicted octanol–water partition coefficient (Wildman–Crippen LogP) is 5.46. The minimum atomic E-state index is -1.11. The van der Waals surface area contributed by atoms with Gasteiger partial charge in [0.25, 0.3) is 0 Å². The number of benzene rings is 1. The van der Waals surface area contributed by atoms with Crippen molar-refractivity contribution in [3.05, 3.63) is 54.3 Å². The van der Waals surface area contributed by atoms with Crippen molar-refractivity contribution in [3.8, 4) is 0 Å². The number of aromatic nitrogens is 2. The van der Waals surface area contributed by atoms with Gasteiger partial charge in [0.05, 0.1) is 35.2 Å². The summed E-state index contributed by atoms with van der Waals surface area (Å²) in [4.78, 5) is 35.9. The van der Waals surface area contributed by atoms with Gasteiger partial charge in [0.2, 0.25) is 0 Å². The van der Waals surface area contributed by atoms with Crippen LogP contribution in [-0.2, 0) is 19.1 Å². The van der Waals surface area contributed by atoms with Gasteiger partial charge in [-0.05, 0) is 68.2 Å². The molecule has 0 spiro atoms. The normalized spacial score (nSPS) is 41.0.